The standard InChI is InChI=1S/C18H20ClN7OS/c1-13-2-3-15(8-16(13)19)25-12-21-23-18(25)28-9-17(27)24-6-4-14(5-7-24)26-11-20-10-22-26/h2-3,8,10-12,14H,4-7,9H2,1H3. The van der Waals surface area contributed by atoms with Gasteiger partial charge in [0.05, 0.1) is 17.5 Å². The van der Waals surface area contributed by atoms with Crippen LogP contribution in [0.4, 0.5) is 0 Å². The summed E-state index contributed by atoms with van der Waals surface area (Å²) in [6.07, 6.45) is 6.70. The minimum Gasteiger partial charge on any atom is -0.342 e. The van der Waals surface area contributed by atoms with Crippen molar-refractivity contribution in [2.45, 2.75) is 31.0 Å². The second kappa shape index (κ2) is 8.32. The van der Waals surface area contributed by atoms with Gasteiger partial charge in [-0.1, -0.05) is 29.4 Å². The van der Waals surface area contributed by atoms with E-state index in [0.29, 0.717) is 22.0 Å². The highest BCUT2D eigenvalue weighted by Crippen LogP contribution is 2.25. The summed E-state index contributed by atoms with van der Waals surface area (Å²) in [6.45, 7) is 3.41. The van der Waals surface area contributed by atoms with Crippen molar-refractivity contribution < 1.29 is 4.79 Å². The molecular weight excluding hydrogens is 398 g/mol. The van der Waals surface area contributed by atoms with E-state index in [1.807, 2.05) is 39.3 Å². The second-order valence-corrected chi connectivity index (χ2v) is 8.04. The molecule has 0 bridgehead atoms. The zero-order valence-electron chi connectivity index (χ0n) is 15.4. The van der Waals surface area contributed by atoms with Gasteiger partial charge in [0.25, 0.3) is 0 Å². The van der Waals surface area contributed by atoms with Crippen LogP contribution in [0.25, 0.3) is 5.69 Å². The number of hydrogen-bond acceptors (Lipinski definition) is 6. The lowest BCUT2D eigenvalue weighted by atomic mass is 10.1. The summed E-state index contributed by atoms with van der Waals surface area (Å²) in [4.78, 5) is 18.5. The number of halogens is 1. The summed E-state index contributed by atoms with van der Waals surface area (Å²) in [5, 5.41) is 13.7. The molecule has 1 aliphatic heterocycles. The number of rotatable bonds is 5. The lowest BCUT2D eigenvalue weighted by molar-refractivity contribution is -0.129. The van der Waals surface area contributed by atoms with Crippen molar-refractivity contribution in [1.29, 1.82) is 0 Å². The molecule has 28 heavy (non-hydrogen) atoms. The third kappa shape index (κ3) is 4.05. The number of hydrogen-bond donors (Lipinski definition) is 0. The predicted molar refractivity (Wildman–Crippen MR) is 107 cm³/mol. The summed E-state index contributed by atoms with van der Waals surface area (Å²) >= 11 is 7.62. The van der Waals surface area contributed by atoms with Gasteiger partial charge in [0, 0.05) is 18.1 Å². The molecule has 0 aliphatic carbocycles. The number of amides is 1. The number of thioether (sulfide) groups is 1. The van der Waals surface area contributed by atoms with Crippen LogP contribution < -0.4 is 0 Å². The van der Waals surface area contributed by atoms with E-state index < -0.39 is 0 Å². The van der Waals surface area contributed by atoms with Gasteiger partial charge in [-0.25, -0.2) is 9.67 Å². The van der Waals surface area contributed by atoms with Gasteiger partial charge in [-0.05, 0) is 37.5 Å². The minimum atomic E-state index is 0.110. The maximum atomic E-state index is 12.6. The smallest absolute Gasteiger partial charge is 0.233 e. The van der Waals surface area contributed by atoms with Crippen LogP contribution in [0.1, 0.15) is 24.4 Å². The SMILES string of the molecule is Cc1ccc(-n2cnnc2SCC(=O)N2CCC(n3cncn3)CC2)cc1Cl. The van der Waals surface area contributed by atoms with Crippen molar-refractivity contribution in [3.8, 4) is 5.69 Å². The summed E-state index contributed by atoms with van der Waals surface area (Å²) < 4.78 is 3.73. The van der Waals surface area contributed by atoms with Gasteiger partial charge in [0.15, 0.2) is 5.16 Å². The van der Waals surface area contributed by atoms with Crippen molar-refractivity contribution in [1.82, 2.24) is 34.4 Å². The molecule has 0 spiro atoms. The highest BCUT2D eigenvalue weighted by Gasteiger charge is 2.24. The number of nitrogens with zero attached hydrogens (tertiary/aromatic N) is 7. The van der Waals surface area contributed by atoms with Gasteiger partial charge in [-0.3, -0.25) is 9.36 Å². The Hall–Kier alpha value is -2.39. The maximum absolute atomic E-state index is 12.6. The molecule has 0 atom stereocenters. The van der Waals surface area contributed by atoms with Crippen LogP contribution in [0.15, 0.2) is 42.3 Å². The Labute approximate surface area is 171 Å². The number of carbonyl (C=O) groups is 1. The zero-order chi connectivity index (χ0) is 19.5. The number of likely N-dealkylation sites (tertiary alicyclic amines) is 1. The molecule has 2 aromatic heterocycles. The molecule has 8 nitrogen and oxygen atoms in total. The maximum Gasteiger partial charge on any atom is 0.233 e. The summed E-state index contributed by atoms with van der Waals surface area (Å²) in [7, 11) is 0. The van der Waals surface area contributed by atoms with Crippen LogP contribution in [-0.2, 0) is 4.79 Å². The first-order chi connectivity index (χ1) is 13.6. The van der Waals surface area contributed by atoms with E-state index in [1.165, 1.54) is 11.8 Å². The van der Waals surface area contributed by atoms with E-state index in [4.69, 9.17) is 11.6 Å². The van der Waals surface area contributed by atoms with Crippen LogP contribution in [0.5, 0.6) is 0 Å². The third-order valence-electron chi connectivity index (χ3n) is 4.90. The van der Waals surface area contributed by atoms with Crippen LogP contribution in [0, 0.1) is 6.92 Å². The molecule has 0 radical (unpaired) electrons. The van der Waals surface area contributed by atoms with E-state index in [-0.39, 0.29) is 5.91 Å². The average Bonchev–Trinajstić information content (AvgIpc) is 3.40. The van der Waals surface area contributed by atoms with E-state index in [0.717, 1.165) is 37.2 Å². The van der Waals surface area contributed by atoms with Crippen LogP contribution >= 0.6 is 23.4 Å². The fraction of sp³-hybridized carbons (Fsp3) is 0.389. The molecule has 0 unspecified atom stereocenters. The Morgan fingerprint density at radius 3 is 2.82 bits per heavy atom. The highest BCUT2D eigenvalue weighted by atomic mass is 35.5. The Kier molecular flexibility index (Phi) is 5.63. The van der Waals surface area contributed by atoms with Gasteiger partial charge in [-0.15, -0.1) is 10.2 Å². The molecule has 4 rings (SSSR count). The second-order valence-electron chi connectivity index (χ2n) is 6.69. The van der Waals surface area contributed by atoms with Gasteiger partial charge in [0.2, 0.25) is 5.91 Å². The first-order valence-electron chi connectivity index (χ1n) is 9.03. The summed E-state index contributed by atoms with van der Waals surface area (Å²) in [5.74, 6) is 0.435. The van der Waals surface area contributed by atoms with Crippen molar-refractivity contribution in [3.05, 3.63) is 47.8 Å². The quantitative estimate of drug-likeness (QED) is 0.594. The van der Waals surface area contributed by atoms with Crippen molar-refractivity contribution in [2.24, 2.45) is 0 Å². The Balaban J connectivity index is 1.35. The van der Waals surface area contributed by atoms with Gasteiger partial charge in [-0.2, -0.15) is 5.10 Å². The normalized spacial score (nSPS) is 15.1. The summed E-state index contributed by atoms with van der Waals surface area (Å²) in [6, 6.07) is 6.11. The Bertz CT molecular complexity index is 951. The topological polar surface area (TPSA) is 81.7 Å². The number of benzene rings is 1. The first-order valence-corrected chi connectivity index (χ1v) is 10.4. The number of carbonyl (C=O) groups excluding carboxylic acids is 1. The molecule has 1 saturated heterocycles. The highest BCUT2D eigenvalue weighted by molar-refractivity contribution is 7.99. The monoisotopic (exact) mass is 417 g/mol. The third-order valence-corrected chi connectivity index (χ3v) is 6.24. The largest absolute Gasteiger partial charge is 0.342 e. The Morgan fingerprint density at radius 2 is 2.11 bits per heavy atom. The number of aryl methyl sites for hydroxylation is 1. The predicted octanol–water partition coefficient (Wildman–Crippen LogP) is 2.78. The lowest BCUT2D eigenvalue weighted by Crippen LogP contribution is -2.40. The van der Waals surface area contributed by atoms with Crippen molar-refractivity contribution >= 4 is 29.3 Å². The van der Waals surface area contributed by atoms with Crippen LogP contribution in [0.3, 0.4) is 0 Å². The molecule has 1 amide bonds. The number of aromatic nitrogens is 6. The molecule has 3 heterocycles. The van der Waals surface area contributed by atoms with E-state index in [1.54, 1.807) is 19.0 Å². The fourth-order valence-corrected chi connectivity index (χ4v) is 4.24. The molecule has 0 N–H and O–H groups in total. The molecule has 0 saturated carbocycles. The molecule has 146 valence electrons. The van der Waals surface area contributed by atoms with Gasteiger partial charge < -0.3 is 4.90 Å². The fourth-order valence-electron chi connectivity index (χ4n) is 3.23. The first kappa shape index (κ1) is 18.9. The molecular formula is C18H20ClN7OS. The molecule has 3 aromatic rings. The van der Waals surface area contributed by atoms with Crippen molar-refractivity contribution in [3.63, 3.8) is 0 Å². The molecule has 1 aliphatic rings. The average molecular weight is 418 g/mol. The molecule has 1 fully saturated rings. The van der Waals surface area contributed by atoms with Crippen molar-refractivity contribution in [2.75, 3.05) is 18.8 Å². The Morgan fingerprint density at radius 1 is 1.29 bits per heavy atom. The zero-order valence-corrected chi connectivity index (χ0v) is 17.0. The van der Waals surface area contributed by atoms with Crippen LogP contribution in [-0.4, -0.2) is 59.2 Å². The lowest BCUT2D eigenvalue weighted by Gasteiger charge is -2.31. The van der Waals surface area contributed by atoms with Crippen LogP contribution in [0.2, 0.25) is 5.02 Å². The van der Waals surface area contributed by atoms with E-state index >= 15 is 0 Å². The van der Waals surface area contributed by atoms with Gasteiger partial charge in [0.1, 0.15) is 19.0 Å². The summed E-state index contributed by atoms with van der Waals surface area (Å²) in [5.41, 5.74) is 1.89. The number of piperidine rings is 1. The molecule has 1 aromatic carbocycles. The van der Waals surface area contributed by atoms with E-state index in [9.17, 15) is 4.79 Å². The minimum absolute atomic E-state index is 0.110. The molecule has 10 heteroatoms. The van der Waals surface area contributed by atoms with E-state index in [2.05, 4.69) is 20.3 Å². The van der Waals surface area contributed by atoms with Gasteiger partial charge >= 0.3 is 0 Å².